The van der Waals surface area contributed by atoms with E-state index in [-0.39, 0.29) is 43.2 Å². The quantitative estimate of drug-likeness (QED) is 0.0593. The third-order valence-corrected chi connectivity index (χ3v) is 14.0. The summed E-state index contributed by atoms with van der Waals surface area (Å²) >= 11 is 6.70. The predicted octanol–water partition coefficient (Wildman–Crippen LogP) is 8.34. The van der Waals surface area contributed by atoms with Gasteiger partial charge in [-0.2, -0.15) is 10.1 Å². The Hall–Kier alpha value is -7.64. The lowest BCUT2D eigenvalue weighted by Gasteiger charge is -2.33. The highest BCUT2D eigenvalue weighted by Crippen LogP contribution is 2.37. The van der Waals surface area contributed by atoms with E-state index in [9.17, 15) is 14.7 Å². The van der Waals surface area contributed by atoms with Gasteiger partial charge in [-0.05, 0) is 91.4 Å². The van der Waals surface area contributed by atoms with Crippen molar-refractivity contribution < 1.29 is 38.4 Å². The van der Waals surface area contributed by atoms with Crippen molar-refractivity contribution in [3.05, 3.63) is 121 Å². The average Bonchev–Trinajstić information content (AvgIpc) is 4.22. The summed E-state index contributed by atoms with van der Waals surface area (Å²) in [6.45, 7) is 2.42. The first-order chi connectivity index (χ1) is 36.2. The van der Waals surface area contributed by atoms with Gasteiger partial charge in [0.25, 0.3) is 6.01 Å². The van der Waals surface area contributed by atoms with E-state index in [1.807, 2.05) is 113 Å². The first kappa shape index (κ1) is 48.6. The van der Waals surface area contributed by atoms with E-state index in [1.54, 1.807) is 6.07 Å². The summed E-state index contributed by atoms with van der Waals surface area (Å²) in [5, 5.41) is 19.2. The normalized spacial score (nSPS) is 19.4. The summed E-state index contributed by atoms with van der Waals surface area (Å²) in [5.41, 5.74) is 13.1. The largest absolute Gasteiger partial charge is 0.492 e. The van der Waals surface area contributed by atoms with Crippen LogP contribution < -0.4 is 25.3 Å². The molecule has 8 aromatic rings. The van der Waals surface area contributed by atoms with E-state index in [1.165, 1.54) is 6.33 Å². The Morgan fingerprint density at radius 3 is 2.32 bits per heavy atom. The lowest BCUT2D eigenvalue weighted by atomic mass is 10.0. The van der Waals surface area contributed by atoms with Gasteiger partial charge >= 0.3 is 0 Å². The molecular weight excluding hydrogens is 964 g/mol. The van der Waals surface area contributed by atoms with Crippen molar-refractivity contribution in [2.75, 3.05) is 45.2 Å². The second kappa shape index (κ2) is 21.8. The van der Waals surface area contributed by atoms with Crippen LogP contribution in [0.15, 0.2) is 116 Å². The third-order valence-electron chi connectivity index (χ3n) is 13.7. The minimum absolute atomic E-state index is 0.0432. The number of anilines is 1. The molecule has 0 spiro atoms. The van der Waals surface area contributed by atoms with Gasteiger partial charge < -0.3 is 49.7 Å². The van der Waals surface area contributed by atoms with Gasteiger partial charge in [-0.25, -0.2) is 19.6 Å². The second-order valence-electron chi connectivity index (χ2n) is 18.7. The molecule has 3 fully saturated rings. The summed E-state index contributed by atoms with van der Waals surface area (Å²) in [6, 6.07) is 35.0. The fourth-order valence-electron chi connectivity index (χ4n) is 9.89. The van der Waals surface area contributed by atoms with Gasteiger partial charge in [-0.1, -0.05) is 72.6 Å². The number of carbonyl (C=O) groups excluding carboxylic acids is 2. The van der Waals surface area contributed by atoms with Gasteiger partial charge in [0.05, 0.1) is 47.4 Å². The van der Waals surface area contributed by atoms with E-state index in [0.29, 0.717) is 108 Å². The van der Waals surface area contributed by atoms with Crippen molar-refractivity contribution in [3.63, 3.8) is 0 Å². The molecule has 0 radical (unpaired) electrons. The number of nitrogens with zero attached hydrogens (tertiary/aromatic N) is 7. The van der Waals surface area contributed by atoms with Crippen molar-refractivity contribution in [1.82, 2.24) is 44.9 Å². The van der Waals surface area contributed by atoms with E-state index in [2.05, 4.69) is 25.3 Å². The van der Waals surface area contributed by atoms with Crippen LogP contribution in [0.25, 0.3) is 55.8 Å². The number of piperidine rings is 1. The summed E-state index contributed by atoms with van der Waals surface area (Å²) in [6.07, 6.45) is 4.27. The molecule has 3 aliphatic heterocycles. The summed E-state index contributed by atoms with van der Waals surface area (Å²) < 4.78 is 31.2. The molecule has 0 bridgehead atoms. The number of rotatable bonds is 18. The fraction of sp³-hybridized carbons (Fsp3) is 0.327. The van der Waals surface area contributed by atoms with Crippen LogP contribution in [0.3, 0.4) is 0 Å². The number of H-pyrrole nitrogens is 1. The topological polar surface area (TPSA) is 227 Å². The van der Waals surface area contributed by atoms with E-state index < -0.39 is 18.3 Å². The molecule has 5 N–H and O–H groups in total. The Bertz CT molecular complexity index is 3250. The summed E-state index contributed by atoms with van der Waals surface area (Å²) in [7, 11) is 0. The molecule has 3 saturated heterocycles. The zero-order valence-corrected chi connectivity index (χ0v) is 41.2. The van der Waals surface area contributed by atoms with Crippen molar-refractivity contribution in [1.29, 1.82) is 0 Å². The number of nitrogen functional groups attached to an aromatic ring is 1. The summed E-state index contributed by atoms with van der Waals surface area (Å²) in [5.74, 6) is 2.56. The second-order valence-corrected chi connectivity index (χ2v) is 19.1. The standard InChI is InChI=1S/C55H55ClN10O8/c56-41-28-42-53(63-55(61-42)74-44-31-72-50-43(67)30-71-51(44)50)62-48(41)35-15-13-33(14-16-35)34-17-21-38(22-18-34)70-27-25-58-45(68)11-5-2-6-12-46(69)65-26-7-8-37(29-65)66-54-47(52(57)59-32-60-54)49(64-66)36-19-23-40(24-20-36)73-39-9-3-1-4-10-39/h1,3-4,9-10,13-24,28,32,37,43-44,50-51,67H,2,5-8,11-12,25-27,29-31H2,(H,58,68)(H2,57,59,60)(H,61,62,63)/t37-,43+,44+,50+,51+/m1/s1. The number of aliphatic hydroxyl groups is 1. The van der Waals surface area contributed by atoms with Gasteiger partial charge in [-0.15, -0.1) is 0 Å². The van der Waals surface area contributed by atoms with Crippen LogP contribution in [0.1, 0.15) is 51.0 Å². The van der Waals surface area contributed by atoms with Crippen LogP contribution in [0, 0.1) is 0 Å². The monoisotopic (exact) mass is 1020 g/mol. The van der Waals surface area contributed by atoms with E-state index in [4.69, 9.17) is 51.1 Å². The minimum atomic E-state index is -0.666. The zero-order chi connectivity index (χ0) is 50.5. The minimum Gasteiger partial charge on any atom is -0.492 e. The molecule has 2 amide bonds. The maximum atomic E-state index is 13.5. The van der Waals surface area contributed by atoms with Gasteiger partial charge in [0.15, 0.2) is 17.4 Å². The molecule has 4 aromatic heterocycles. The SMILES string of the molecule is Nc1ncnc2c1c(-c1ccc(Oc3ccccc3)cc1)nn2[C@@H]1CCCN(C(=O)CCCCCC(=O)NCCOc2ccc(-c3ccc(-c4nc5nc(O[C@H]6CO[C@@H]7[C@H]6OC[C@@H]7O)[nH]c5cc4Cl)cc3)cc2)C1. The lowest BCUT2D eigenvalue weighted by Crippen LogP contribution is -2.40. The highest BCUT2D eigenvalue weighted by molar-refractivity contribution is 6.33. The van der Waals surface area contributed by atoms with Crippen molar-refractivity contribution >= 4 is 51.4 Å². The van der Waals surface area contributed by atoms with Crippen LogP contribution >= 0.6 is 11.6 Å². The number of pyridine rings is 1. The zero-order valence-electron chi connectivity index (χ0n) is 40.4. The van der Waals surface area contributed by atoms with Crippen LogP contribution in [0.4, 0.5) is 5.82 Å². The Kier molecular flexibility index (Phi) is 14.3. The van der Waals surface area contributed by atoms with Crippen molar-refractivity contribution in [3.8, 4) is 56.9 Å². The molecule has 3 aliphatic rings. The molecule has 0 saturated carbocycles. The van der Waals surface area contributed by atoms with Crippen molar-refractivity contribution in [2.45, 2.75) is 75.4 Å². The lowest BCUT2D eigenvalue weighted by molar-refractivity contribution is -0.133. The number of likely N-dealkylation sites (tertiary alicyclic amines) is 1. The number of aromatic nitrogens is 7. The molecule has 11 rings (SSSR count). The number of unbranched alkanes of at least 4 members (excludes halogenated alkanes) is 2. The molecular formula is C55H55ClN10O8. The Labute approximate surface area is 431 Å². The smallest absolute Gasteiger partial charge is 0.296 e. The number of halogens is 1. The number of benzene rings is 4. The number of para-hydroxylation sites is 1. The fourth-order valence-corrected chi connectivity index (χ4v) is 10.1. The number of aliphatic hydroxyl groups excluding tert-OH is 1. The number of aromatic amines is 1. The molecule has 380 valence electrons. The third kappa shape index (κ3) is 10.7. The van der Waals surface area contributed by atoms with Gasteiger partial charge in [-0.3, -0.25) is 9.59 Å². The highest BCUT2D eigenvalue weighted by Gasteiger charge is 2.48. The number of hydrogen-bond acceptors (Lipinski definition) is 14. The molecule has 0 aliphatic carbocycles. The first-order valence-electron chi connectivity index (χ1n) is 25.0. The molecule has 5 atom stereocenters. The Balaban J connectivity index is 0.595. The number of fused-ring (bicyclic) bond motifs is 3. The van der Waals surface area contributed by atoms with Gasteiger partial charge in [0.2, 0.25) is 11.8 Å². The number of ether oxygens (including phenoxy) is 5. The first-order valence-corrected chi connectivity index (χ1v) is 25.4. The van der Waals surface area contributed by atoms with E-state index >= 15 is 0 Å². The van der Waals surface area contributed by atoms with Gasteiger partial charge in [0.1, 0.15) is 60.0 Å². The van der Waals surface area contributed by atoms with Gasteiger partial charge in [0, 0.05) is 37.1 Å². The maximum Gasteiger partial charge on any atom is 0.296 e. The number of nitrogens with one attached hydrogen (secondary N) is 2. The van der Waals surface area contributed by atoms with Crippen LogP contribution in [0.2, 0.25) is 5.02 Å². The number of hydrogen-bond donors (Lipinski definition) is 4. The van der Waals surface area contributed by atoms with Crippen LogP contribution in [-0.2, 0) is 19.1 Å². The molecule has 18 nitrogen and oxygen atoms in total. The maximum absolute atomic E-state index is 13.5. The van der Waals surface area contributed by atoms with Crippen LogP contribution in [0.5, 0.6) is 23.3 Å². The number of nitrogens with two attached hydrogens (primary N) is 1. The Morgan fingerprint density at radius 1 is 0.811 bits per heavy atom. The average molecular weight is 1020 g/mol. The number of amides is 2. The summed E-state index contributed by atoms with van der Waals surface area (Å²) in [4.78, 5) is 49.3. The van der Waals surface area contributed by atoms with E-state index in [0.717, 1.165) is 47.3 Å². The Morgan fingerprint density at radius 2 is 1.51 bits per heavy atom. The molecule has 0 unspecified atom stereocenters. The molecule has 7 heterocycles. The predicted molar refractivity (Wildman–Crippen MR) is 278 cm³/mol. The number of imidazole rings is 1. The molecule has 19 heteroatoms. The molecule has 4 aromatic carbocycles. The molecule has 74 heavy (non-hydrogen) atoms. The van der Waals surface area contributed by atoms with Crippen molar-refractivity contribution in [2.24, 2.45) is 0 Å². The number of carbonyl (C=O) groups is 2. The highest BCUT2D eigenvalue weighted by atomic mass is 35.5. The van der Waals surface area contributed by atoms with Crippen LogP contribution in [-0.4, -0.2) is 120 Å².